The van der Waals surface area contributed by atoms with E-state index in [1.54, 1.807) is 0 Å². The molecule has 1 aromatic rings. The van der Waals surface area contributed by atoms with E-state index in [0.29, 0.717) is 0 Å². The van der Waals surface area contributed by atoms with E-state index in [4.69, 9.17) is 11.6 Å². The normalized spacial score (nSPS) is 24.1. The molecule has 1 N–H and O–H groups in total. The lowest BCUT2D eigenvalue weighted by Gasteiger charge is -2.27. The average Bonchev–Trinajstić information content (AvgIpc) is 2.37. The third kappa shape index (κ3) is 4.62. The molecular weight excluding hydrogens is 242 g/mol. The second kappa shape index (κ2) is 7.16. The Morgan fingerprint density at radius 3 is 2.72 bits per heavy atom. The van der Waals surface area contributed by atoms with Gasteiger partial charge in [0.05, 0.1) is 0 Å². The first-order valence-corrected chi connectivity index (χ1v) is 7.59. The van der Waals surface area contributed by atoms with Gasteiger partial charge in [-0.1, -0.05) is 30.7 Å². The molecule has 0 spiro atoms. The molecule has 0 unspecified atom stereocenters. The van der Waals surface area contributed by atoms with E-state index in [-0.39, 0.29) is 0 Å². The van der Waals surface area contributed by atoms with Crippen molar-refractivity contribution in [3.63, 3.8) is 0 Å². The van der Waals surface area contributed by atoms with Crippen molar-refractivity contribution in [3.8, 4) is 0 Å². The molecule has 100 valence electrons. The fraction of sp³-hybridized carbons (Fsp3) is 0.625. The van der Waals surface area contributed by atoms with E-state index >= 15 is 0 Å². The summed E-state index contributed by atoms with van der Waals surface area (Å²) in [5.41, 5.74) is 1.35. The van der Waals surface area contributed by atoms with E-state index in [2.05, 4.69) is 24.4 Å². The molecule has 2 rings (SSSR count). The fourth-order valence-corrected chi connectivity index (χ4v) is 2.97. The molecule has 1 aromatic carbocycles. The Hall–Kier alpha value is -0.530. The average molecular weight is 266 g/mol. The number of aryl methyl sites for hydroxylation is 1. The van der Waals surface area contributed by atoms with E-state index in [1.165, 1.54) is 37.7 Å². The largest absolute Gasteiger partial charge is 0.314 e. The van der Waals surface area contributed by atoms with Crippen molar-refractivity contribution >= 4 is 11.6 Å². The number of rotatable bonds is 5. The predicted molar refractivity (Wildman–Crippen MR) is 79.2 cm³/mol. The van der Waals surface area contributed by atoms with Crippen molar-refractivity contribution in [2.75, 3.05) is 6.54 Å². The molecule has 0 bridgehead atoms. The summed E-state index contributed by atoms with van der Waals surface area (Å²) in [6, 6.07) is 8.97. The second-order valence-electron chi connectivity index (χ2n) is 5.64. The van der Waals surface area contributed by atoms with E-state index in [9.17, 15) is 0 Å². The van der Waals surface area contributed by atoms with Crippen LogP contribution in [-0.4, -0.2) is 12.6 Å². The van der Waals surface area contributed by atoms with Gasteiger partial charge in [-0.2, -0.15) is 0 Å². The van der Waals surface area contributed by atoms with Gasteiger partial charge >= 0.3 is 0 Å². The maximum absolute atomic E-state index is 5.98. The van der Waals surface area contributed by atoms with Crippen molar-refractivity contribution in [3.05, 3.63) is 34.9 Å². The zero-order chi connectivity index (χ0) is 12.8. The lowest BCUT2D eigenvalue weighted by atomic mass is 9.87. The molecule has 1 aliphatic carbocycles. The number of hydrogen-bond acceptors (Lipinski definition) is 1. The van der Waals surface area contributed by atoms with Crippen LogP contribution in [0.15, 0.2) is 24.3 Å². The van der Waals surface area contributed by atoms with Crippen LogP contribution in [0.1, 0.15) is 44.6 Å². The molecule has 0 aromatic heterocycles. The maximum Gasteiger partial charge on any atom is 0.0408 e. The highest BCUT2D eigenvalue weighted by Crippen LogP contribution is 2.23. The van der Waals surface area contributed by atoms with Gasteiger partial charge in [-0.25, -0.2) is 0 Å². The molecule has 1 fully saturated rings. The smallest absolute Gasteiger partial charge is 0.0408 e. The highest BCUT2D eigenvalue weighted by Gasteiger charge is 2.16. The SMILES string of the molecule is CC1CCC(NCCCc2cccc(Cl)c2)CC1. The van der Waals surface area contributed by atoms with Gasteiger partial charge in [-0.05, 0) is 68.7 Å². The van der Waals surface area contributed by atoms with E-state index in [1.807, 2.05) is 12.1 Å². The van der Waals surface area contributed by atoms with E-state index in [0.717, 1.165) is 29.9 Å². The Morgan fingerprint density at radius 1 is 1.22 bits per heavy atom. The van der Waals surface area contributed by atoms with Gasteiger partial charge in [0.2, 0.25) is 0 Å². The molecule has 0 amide bonds. The number of benzene rings is 1. The first-order valence-electron chi connectivity index (χ1n) is 7.22. The van der Waals surface area contributed by atoms with Crippen molar-refractivity contribution in [2.45, 2.75) is 51.5 Å². The Labute approximate surface area is 116 Å². The van der Waals surface area contributed by atoms with Crippen LogP contribution in [0, 0.1) is 5.92 Å². The highest BCUT2D eigenvalue weighted by atomic mass is 35.5. The minimum absolute atomic E-state index is 0.764. The highest BCUT2D eigenvalue weighted by molar-refractivity contribution is 6.30. The minimum Gasteiger partial charge on any atom is -0.314 e. The zero-order valence-electron chi connectivity index (χ0n) is 11.3. The zero-order valence-corrected chi connectivity index (χ0v) is 12.0. The van der Waals surface area contributed by atoms with Gasteiger partial charge in [0.25, 0.3) is 0 Å². The molecule has 0 radical (unpaired) electrons. The predicted octanol–water partition coefficient (Wildman–Crippen LogP) is 4.44. The molecule has 0 heterocycles. The quantitative estimate of drug-likeness (QED) is 0.776. The van der Waals surface area contributed by atoms with Crippen molar-refractivity contribution < 1.29 is 0 Å². The third-order valence-corrected chi connectivity index (χ3v) is 4.22. The Kier molecular flexibility index (Phi) is 5.52. The van der Waals surface area contributed by atoms with Crippen LogP contribution < -0.4 is 5.32 Å². The summed E-state index contributed by atoms with van der Waals surface area (Å²) in [5, 5.41) is 4.54. The lowest BCUT2D eigenvalue weighted by Crippen LogP contribution is -2.33. The molecule has 1 aliphatic rings. The summed E-state index contributed by atoms with van der Waals surface area (Å²) < 4.78 is 0. The van der Waals surface area contributed by atoms with Gasteiger partial charge in [0, 0.05) is 11.1 Å². The number of hydrogen-bond donors (Lipinski definition) is 1. The van der Waals surface area contributed by atoms with E-state index < -0.39 is 0 Å². The summed E-state index contributed by atoms with van der Waals surface area (Å²) in [7, 11) is 0. The third-order valence-electron chi connectivity index (χ3n) is 3.98. The van der Waals surface area contributed by atoms with Gasteiger partial charge in [-0.3, -0.25) is 0 Å². The maximum atomic E-state index is 5.98. The molecule has 1 nitrogen and oxygen atoms in total. The standard InChI is InChI=1S/C16H24ClN/c1-13-7-9-16(10-8-13)18-11-3-5-14-4-2-6-15(17)12-14/h2,4,6,12-13,16,18H,3,5,7-11H2,1H3. The van der Waals surface area contributed by atoms with Crippen LogP contribution in [0.25, 0.3) is 0 Å². The summed E-state index contributed by atoms with van der Waals surface area (Å²) in [4.78, 5) is 0. The van der Waals surface area contributed by atoms with Crippen LogP contribution in [-0.2, 0) is 6.42 Å². The van der Waals surface area contributed by atoms with Crippen molar-refractivity contribution in [1.82, 2.24) is 5.32 Å². The van der Waals surface area contributed by atoms with Crippen molar-refractivity contribution in [2.24, 2.45) is 5.92 Å². The van der Waals surface area contributed by atoms with Gasteiger partial charge in [0.15, 0.2) is 0 Å². The summed E-state index contributed by atoms with van der Waals surface area (Å²) in [6.45, 7) is 3.50. The van der Waals surface area contributed by atoms with Crippen LogP contribution in [0.2, 0.25) is 5.02 Å². The molecule has 18 heavy (non-hydrogen) atoms. The molecule has 0 atom stereocenters. The molecule has 1 saturated carbocycles. The molecule has 2 heteroatoms. The molecule has 0 saturated heterocycles. The lowest BCUT2D eigenvalue weighted by molar-refractivity contribution is 0.307. The Balaban J connectivity index is 1.61. The second-order valence-corrected chi connectivity index (χ2v) is 6.08. The Bertz CT molecular complexity index is 356. The first-order chi connectivity index (χ1) is 8.74. The molecule has 0 aliphatic heterocycles. The number of nitrogens with one attached hydrogen (secondary N) is 1. The fourth-order valence-electron chi connectivity index (χ4n) is 2.76. The van der Waals surface area contributed by atoms with Gasteiger partial charge in [-0.15, -0.1) is 0 Å². The van der Waals surface area contributed by atoms with Crippen LogP contribution in [0.4, 0.5) is 0 Å². The van der Waals surface area contributed by atoms with Crippen LogP contribution in [0.3, 0.4) is 0 Å². The van der Waals surface area contributed by atoms with Gasteiger partial charge < -0.3 is 5.32 Å². The minimum atomic E-state index is 0.764. The van der Waals surface area contributed by atoms with Crippen molar-refractivity contribution in [1.29, 1.82) is 0 Å². The monoisotopic (exact) mass is 265 g/mol. The summed E-state index contributed by atoms with van der Waals surface area (Å²) >= 11 is 5.98. The summed E-state index contributed by atoms with van der Waals surface area (Å²) in [6.07, 6.45) is 7.83. The number of halogens is 1. The van der Waals surface area contributed by atoms with Crippen LogP contribution in [0.5, 0.6) is 0 Å². The first kappa shape index (κ1) is 13.9. The Morgan fingerprint density at radius 2 is 2.00 bits per heavy atom. The van der Waals surface area contributed by atoms with Crippen LogP contribution >= 0.6 is 11.6 Å². The summed E-state index contributed by atoms with van der Waals surface area (Å²) in [5.74, 6) is 0.939. The topological polar surface area (TPSA) is 12.0 Å². The van der Waals surface area contributed by atoms with Gasteiger partial charge in [0.1, 0.15) is 0 Å². The molecular formula is C16H24ClN.